The highest BCUT2D eigenvalue weighted by Gasteiger charge is 2.36. The van der Waals surface area contributed by atoms with E-state index in [2.05, 4.69) is 10.6 Å². The highest BCUT2D eigenvalue weighted by Crippen LogP contribution is 2.17. The third-order valence-electron chi connectivity index (χ3n) is 2.81. The Bertz CT molecular complexity index is 640. The van der Waals surface area contributed by atoms with Crippen LogP contribution in [0.3, 0.4) is 0 Å². The third kappa shape index (κ3) is 6.11. The first-order chi connectivity index (χ1) is 10.9. The normalized spacial score (nSPS) is 13.5. The Morgan fingerprint density at radius 2 is 1.92 bits per heavy atom. The molecule has 1 rings (SSSR count). The summed E-state index contributed by atoms with van der Waals surface area (Å²) in [6.07, 6.45) is -0.902. The lowest BCUT2D eigenvalue weighted by Gasteiger charge is -2.30. The molecular weight excluding hydrogens is 318 g/mol. The molecule has 1 aromatic rings. The van der Waals surface area contributed by atoms with Gasteiger partial charge in [-0.1, -0.05) is 12.1 Å². The van der Waals surface area contributed by atoms with Gasteiger partial charge in [-0.25, -0.2) is 9.59 Å². The van der Waals surface area contributed by atoms with Crippen LogP contribution >= 0.6 is 0 Å². The van der Waals surface area contributed by atoms with Crippen LogP contribution in [0.5, 0.6) is 0 Å². The van der Waals surface area contributed by atoms with Crippen molar-refractivity contribution in [1.29, 1.82) is 0 Å². The molecule has 9 heteroatoms. The summed E-state index contributed by atoms with van der Waals surface area (Å²) in [5.41, 5.74) is -1.92. The van der Waals surface area contributed by atoms with Gasteiger partial charge in [0.05, 0.1) is 0 Å². The molecule has 0 aliphatic heterocycles. The topological polar surface area (TPSA) is 131 Å². The van der Waals surface area contributed by atoms with Crippen LogP contribution in [0.1, 0.15) is 33.3 Å². The molecule has 9 nitrogen and oxygen atoms in total. The zero-order valence-corrected chi connectivity index (χ0v) is 14.0. The maximum atomic E-state index is 11.9. The number of hydrogen-bond acceptors (Lipinski definition) is 6. The predicted molar refractivity (Wildman–Crippen MR) is 86.2 cm³/mol. The minimum Gasteiger partial charge on any atom is -0.478 e. The van der Waals surface area contributed by atoms with Crippen LogP contribution in [-0.4, -0.2) is 33.4 Å². The van der Waals surface area contributed by atoms with Crippen LogP contribution in [0, 0.1) is 10.1 Å². The fourth-order valence-corrected chi connectivity index (χ4v) is 1.83. The number of benzene rings is 1. The maximum Gasteiger partial charge on any atom is 0.409 e. The number of alkyl carbamates (subject to hydrolysis) is 1. The number of carboxylic acid groups (broad SMARTS) is 1. The number of nitrogens with zero attached hydrogens (tertiary/aromatic N) is 1. The van der Waals surface area contributed by atoms with Gasteiger partial charge in [-0.2, -0.15) is 0 Å². The highest BCUT2D eigenvalue weighted by atomic mass is 16.6. The summed E-state index contributed by atoms with van der Waals surface area (Å²) in [6, 6.07) is 6.09. The Kier molecular flexibility index (Phi) is 5.73. The van der Waals surface area contributed by atoms with Crippen molar-refractivity contribution in [2.24, 2.45) is 0 Å². The van der Waals surface area contributed by atoms with E-state index in [1.807, 2.05) is 0 Å². The summed E-state index contributed by atoms with van der Waals surface area (Å²) >= 11 is 0. The molecule has 0 fully saturated rings. The summed E-state index contributed by atoms with van der Waals surface area (Å²) in [7, 11) is 0. The standard InChI is InChI=1S/C15H21N3O6/c1-14(2,3)24-13(21)17-15(4,12(19)20)16-11-7-5-6-10(8-11)9-18(22)23/h5-8,16H,9H2,1-4H3,(H,17,21)(H,19,20). The second kappa shape index (κ2) is 7.16. The average Bonchev–Trinajstić information content (AvgIpc) is 2.35. The largest absolute Gasteiger partial charge is 0.478 e. The molecule has 0 aromatic heterocycles. The molecule has 1 unspecified atom stereocenters. The number of carbonyl (C=O) groups is 2. The Balaban J connectivity index is 2.94. The van der Waals surface area contributed by atoms with Crippen LogP contribution in [0.15, 0.2) is 24.3 Å². The quantitative estimate of drug-likeness (QED) is 0.411. The van der Waals surface area contributed by atoms with E-state index in [-0.39, 0.29) is 0 Å². The van der Waals surface area contributed by atoms with E-state index < -0.39 is 34.8 Å². The molecule has 3 N–H and O–H groups in total. The molecule has 1 amide bonds. The van der Waals surface area contributed by atoms with Gasteiger partial charge in [0.25, 0.3) is 0 Å². The van der Waals surface area contributed by atoms with Crippen LogP contribution < -0.4 is 10.6 Å². The molecule has 0 radical (unpaired) electrons. The first kappa shape index (κ1) is 19.2. The summed E-state index contributed by atoms with van der Waals surface area (Å²) in [6.45, 7) is 5.82. The van der Waals surface area contributed by atoms with E-state index in [4.69, 9.17) is 4.74 Å². The van der Waals surface area contributed by atoms with Crippen LogP contribution in [0.25, 0.3) is 0 Å². The lowest BCUT2D eigenvalue weighted by Crippen LogP contribution is -2.58. The molecule has 0 saturated carbocycles. The van der Waals surface area contributed by atoms with Gasteiger partial charge >= 0.3 is 12.1 Å². The van der Waals surface area contributed by atoms with Crippen molar-refractivity contribution in [2.75, 3.05) is 5.32 Å². The van der Waals surface area contributed by atoms with Gasteiger partial charge in [0, 0.05) is 16.2 Å². The van der Waals surface area contributed by atoms with Crippen molar-refractivity contribution in [3.05, 3.63) is 39.9 Å². The van der Waals surface area contributed by atoms with Crippen LogP contribution in [0.2, 0.25) is 0 Å². The van der Waals surface area contributed by atoms with Crippen molar-refractivity contribution in [3.8, 4) is 0 Å². The number of ether oxygens (including phenoxy) is 1. The molecule has 0 aliphatic rings. The van der Waals surface area contributed by atoms with E-state index in [0.29, 0.717) is 11.3 Å². The number of rotatable bonds is 6. The summed E-state index contributed by atoms with van der Waals surface area (Å²) in [4.78, 5) is 33.5. The number of amides is 1. The van der Waals surface area contributed by atoms with Crippen molar-refractivity contribution in [1.82, 2.24) is 5.32 Å². The number of hydrogen-bond donors (Lipinski definition) is 3. The summed E-state index contributed by atoms with van der Waals surface area (Å²) in [5, 5.41) is 24.9. The molecule has 0 saturated heterocycles. The molecule has 132 valence electrons. The molecule has 0 aliphatic carbocycles. The molecule has 24 heavy (non-hydrogen) atoms. The first-order valence-corrected chi connectivity index (χ1v) is 7.15. The zero-order valence-electron chi connectivity index (χ0n) is 14.0. The van der Waals surface area contributed by atoms with Gasteiger partial charge in [-0.05, 0) is 39.8 Å². The second-order valence-corrected chi connectivity index (χ2v) is 6.37. The maximum absolute atomic E-state index is 11.9. The average molecular weight is 339 g/mol. The number of nitro groups is 1. The van der Waals surface area contributed by atoms with Crippen molar-refractivity contribution in [3.63, 3.8) is 0 Å². The van der Waals surface area contributed by atoms with Gasteiger partial charge < -0.3 is 15.2 Å². The monoisotopic (exact) mass is 339 g/mol. The van der Waals surface area contributed by atoms with Crippen molar-refractivity contribution >= 4 is 17.7 Å². The minimum atomic E-state index is -1.85. The fraction of sp³-hybridized carbons (Fsp3) is 0.467. The SMILES string of the molecule is CC(C)(C)OC(=O)NC(C)(Nc1cccc(C[N+](=O)[O-])c1)C(=O)O. The number of anilines is 1. The Hall–Kier alpha value is -2.84. The van der Waals surface area contributed by atoms with Gasteiger partial charge in [0.2, 0.25) is 12.2 Å². The Labute approximate surface area is 139 Å². The van der Waals surface area contributed by atoms with Crippen molar-refractivity contribution in [2.45, 2.75) is 45.5 Å². The lowest BCUT2D eigenvalue weighted by atomic mass is 10.1. The van der Waals surface area contributed by atoms with E-state index in [0.717, 1.165) is 0 Å². The fourth-order valence-electron chi connectivity index (χ4n) is 1.83. The summed E-state index contributed by atoms with van der Waals surface area (Å²) < 4.78 is 5.05. The molecule has 0 heterocycles. The summed E-state index contributed by atoms with van der Waals surface area (Å²) in [5.74, 6) is -1.34. The molecule has 0 spiro atoms. The Morgan fingerprint density at radius 1 is 1.29 bits per heavy atom. The van der Waals surface area contributed by atoms with E-state index in [1.165, 1.54) is 13.0 Å². The lowest BCUT2D eigenvalue weighted by molar-refractivity contribution is -0.496. The van der Waals surface area contributed by atoms with Crippen molar-refractivity contribution < 1.29 is 24.4 Å². The molecule has 1 aromatic carbocycles. The Morgan fingerprint density at radius 3 is 2.42 bits per heavy atom. The number of carboxylic acids is 1. The van der Waals surface area contributed by atoms with Gasteiger partial charge in [0.15, 0.2) is 0 Å². The molecule has 1 atom stereocenters. The minimum absolute atomic E-state index is 0.315. The van der Waals surface area contributed by atoms with E-state index >= 15 is 0 Å². The molecule has 0 bridgehead atoms. The number of nitrogens with one attached hydrogen (secondary N) is 2. The third-order valence-corrected chi connectivity index (χ3v) is 2.81. The van der Waals surface area contributed by atoms with Gasteiger partial charge in [0.1, 0.15) is 5.60 Å². The first-order valence-electron chi connectivity index (χ1n) is 7.15. The van der Waals surface area contributed by atoms with E-state index in [9.17, 15) is 24.8 Å². The number of aliphatic carboxylic acids is 1. The van der Waals surface area contributed by atoms with E-state index in [1.54, 1.807) is 39.0 Å². The highest BCUT2D eigenvalue weighted by molar-refractivity contribution is 5.86. The van der Waals surface area contributed by atoms with Crippen LogP contribution in [-0.2, 0) is 16.1 Å². The predicted octanol–water partition coefficient (Wildman–Crippen LogP) is 2.20. The smallest absolute Gasteiger partial charge is 0.409 e. The van der Waals surface area contributed by atoms with Gasteiger partial charge in [-0.3, -0.25) is 15.4 Å². The zero-order chi connectivity index (χ0) is 18.5. The second-order valence-electron chi connectivity index (χ2n) is 6.37. The van der Waals surface area contributed by atoms with Crippen LogP contribution in [0.4, 0.5) is 10.5 Å². The van der Waals surface area contributed by atoms with Gasteiger partial charge in [-0.15, -0.1) is 0 Å². The number of carbonyl (C=O) groups excluding carboxylic acids is 1. The molecular formula is C15H21N3O6.